The summed E-state index contributed by atoms with van der Waals surface area (Å²) in [6.07, 6.45) is 0. The molecule has 0 aromatic heterocycles. The maximum atomic E-state index is 13.9. The number of aliphatic hydroxyl groups excluding tert-OH is 1. The molecule has 0 saturated carbocycles. The number of fused-ring (bicyclic) bond motifs is 1. The zero-order valence-corrected chi connectivity index (χ0v) is 23.8. The molecule has 202 valence electrons. The van der Waals surface area contributed by atoms with Crippen LogP contribution in [0.2, 0.25) is 0 Å². The van der Waals surface area contributed by atoms with E-state index in [1.165, 1.54) is 11.8 Å². The van der Waals surface area contributed by atoms with Crippen LogP contribution in [-0.4, -0.2) is 55.1 Å². The Morgan fingerprint density at radius 1 is 1.05 bits per heavy atom. The van der Waals surface area contributed by atoms with E-state index >= 15 is 0 Å². The van der Waals surface area contributed by atoms with Crippen LogP contribution in [0.15, 0.2) is 80.5 Å². The lowest BCUT2D eigenvalue weighted by Gasteiger charge is -2.23. The number of aliphatic imine (C=N–C) groups is 1. The minimum absolute atomic E-state index is 0.0812. The predicted molar refractivity (Wildman–Crippen MR) is 161 cm³/mol. The van der Waals surface area contributed by atoms with Crippen LogP contribution >= 0.6 is 23.5 Å². The number of carbonyl (C=O) groups excluding carboxylic acids is 1. The predicted octanol–water partition coefficient (Wildman–Crippen LogP) is 5.71. The van der Waals surface area contributed by atoms with Gasteiger partial charge in [0.05, 0.1) is 35.8 Å². The smallest absolute Gasteiger partial charge is 0.274 e. The largest absolute Gasteiger partial charge is 0.508 e. The lowest BCUT2D eigenvalue weighted by molar-refractivity contribution is -0.113. The number of hydrogen-bond acceptors (Lipinski definition) is 9. The molecule has 1 amide bonds. The molecule has 2 heterocycles. The fourth-order valence-corrected chi connectivity index (χ4v) is 6.83. The van der Waals surface area contributed by atoms with Crippen LogP contribution in [0.1, 0.15) is 12.5 Å². The summed E-state index contributed by atoms with van der Waals surface area (Å²) in [5.74, 6) is 0.707. The summed E-state index contributed by atoms with van der Waals surface area (Å²) >= 11 is 2.89. The molecule has 2 N–H and O–H groups in total. The van der Waals surface area contributed by atoms with Gasteiger partial charge in [-0.1, -0.05) is 11.8 Å². The molecular formula is C29H30N4O4S2. The summed E-state index contributed by atoms with van der Waals surface area (Å²) in [6.45, 7) is 5.46. The van der Waals surface area contributed by atoms with E-state index in [2.05, 4.69) is 17.9 Å². The van der Waals surface area contributed by atoms with Crippen LogP contribution < -0.4 is 19.4 Å². The Bertz CT molecular complexity index is 1470. The summed E-state index contributed by atoms with van der Waals surface area (Å²) in [4.78, 5) is 26.2. The molecule has 10 heteroatoms. The second kappa shape index (κ2) is 11.3. The average Bonchev–Trinajstić information content (AvgIpc) is 3.44. The summed E-state index contributed by atoms with van der Waals surface area (Å²) in [5, 5.41) is 20.6. The van der Waals surface area contributed by atoms with Crippen molar-refractivity contribution < 1.29 is 19.7 Å². The second-order valence-electron chi connectivity index (χ2n) is 9.06. The van der Waals surface area contributed by atoms with Gasteiger partial charge in [0.1, 0.15) is 16.4 Å². The first-order chi connectivity index (χ1) is 18.8. The molecule has 1 fully saturated rings. The number of methoxy groups -OCH3 is 1. The van der Waals surface area contributed by atoms with E-state index in [0.717, 1.165) is 44.8 Å². The number of phenols is 1. The molecule has 2 aliphatic heterocycles. The third-order valence-electron chi connectivity index (χ3n) is 6.64. The van der Waals surface area contributed by atoms with Crippen molar-refractivity contribution in [2.75, 3.05) is 48.6 Å². The number of aryl methyl sites for hydroxylation is 1. The molecule has 0 unspecified atom stereocenters. The number of ether oxygens (including phenoxy) is 1. The van der Waals surface area contributed by atoms with E-state index in [-0.39, 0.29) is 18.3 Å². The molecule has 0 radical (unpaired) electrons. The molecule has 2 aliphatic rings. The van der Waals surface area contributed by atoms with Gasteiger partial charge in [-0.05, 0) is 85.8 Å². The Balaban J connectivity index is 1.56. The van der Waals surface area contributed by atoms with Gasteiger partial charge in [0.2, 0.25) is 0 Å². The van der Waals surface area contributed by atoms with E-state index in [1.807, 2.05) is 49.2 Å². The number of aromatic hydroxyl groups is 1. The lowest BCUT2D eigenvalue weighted by Crippen LogP contribution is -2.29. The first kappa shape index (κ1) is 27.0. The van der Waals surface area contributed by atoms with Gasteiger partial charge in [0.15, 0.2) is 5.17 Å². The Labute approximate surface area is 236 Å². The van der Waals surface area contributed by atoms with Crippen molar-refractivity contribution in [1.82, 2.24) is 0 Å². The minimum atomic E-state index is -0.173. The number of rotatable bonds is 7. The van der Waals surface area contributed by atoms with E-state index in [0.29, 0.717) is 22.3 Å². The van der Waals surface area contributed by atoms with Crippen molar-refractivity contribution in [2.45, 2.75) is 18.7 Å². The fraction of sp³-hybridized carbons (Fsp3) is 0.241. The number of thioether (sulfide) groups is 2. The second-order valence-corrected chi connectivity index (χ2v) is 11.1. The maximum Gasteiger partial charge on any atom is 0.274 e. The number of amides is 1. The van der Waals surface area contributed by atoms with Crippen LogP contribution in [0.5, 0.6) is 11.5 Å². The van der Waals surface area contributed by atoms with Crippen molar-refractivity contribution >= 4 is 57.3 Å². The molecule has 3 aromatic rings. The quantitative estimate of drug-likeness (QED) is 0.354. The summed E-state index contributed by atoms with van der Waals surface area (Å²) in [6, 6.07) is 18.4. The van der Waals surface area contributed by atoms with Gasteiger partial charge in [0.25, 0.3) is 5.91 Å². The van der Waals surface area contributed by atoms with Crippen molar-refractivity contribution in [2.24, 2.45) is 4.99 Å². The van der Waals surface area contributed by atoms with Gasteiger partial charge in [0, 0.05) is 36.8 Å². The topological polar surface area (TPSA) is 88.8 Å². The zero-order valence-electron chi connectivity index (χ0n) is 22.2. The summed E-state index contributed by atoms with van der Waals surface area (Å²) in [5.41, 5.74) is 4.33. The van der Waals surface area contributed by atoms with Crippen molar-refractivity contribution in [3.8, 4) is 11.5 Å². The van der Waals surface area contributed by atoms with Gasteiger partial charge in [-0.2, -0.15) is 0 Å². The monoisotopic (exact) mass is 562 g/mol. The lowest BCUT2D eigenvalue weighted by atomic mass is 10.1. The molecule has 39 heavy (non-hydrogen) atoms. The molecule has 8 nitrogen and oxygen atoms in total. The van der Waals surface area contributed by atoms with Crippen LogP contribution in [-0.2, 0) is 4.79 Å². The van der Waals surface area contributed by atoms with E-state index in [4.69, 9.17) is 9.73 Å². The number of benzene rings is 3. The molecular weight excluding hydrogens is 532 g/mol. The number of carbonyl (C=O) groups is 1. The van der Waals surface area contributed by atoms with E-state index < -0.39 is 0 Å². The molecule has 0 bridgehead atoms. The molecule has 5 rings (SSSR count). The van der Waals surface area contributed by atoms with Gasteiger partial charge in [-0.3, -0.25) is 9.69 Å². The van der Waals surface area contributed by atoms with Crippen LogP contribution in [0, 0.1) is 6.92 Å². The normalized spacial score (nSPS) is 17.8. The average molecular weight is 563 g/mol. The van der Waals surface area contributed by atoms with Gasteiger partial charge >= 0.3 is 0 Å². The Morgan fingerprint density at radius 2 is 1.82 bits per heavy atom. The Hall–Kier alpha value is -3.60. The minimum Gasteiger partial charge on any atom is -0.508 e. The van der Waals surface area contributed by atoms with Gasteiger partial charge in [-0.15, -0.1) is 0 Å². The highest BCUT2D eigenvalue weighted by molar-refractivity contribution is 8.20. The maximum absolute atomic E-state index is 13.9. The number of anilines is 3. The number of phenolic OH excluding ortho intramolecular Hbond substituents is 1. The Kier molecular flexibility index (Phi) is 7.79. The van der Waals surface area contributed by atoms with E-state index in [1.54, 1.807) is 48.0 Å². The summed E-state index contributed by atoms with van der Waals surface area (Å²) < 4.78 is 5.41. The standard InChI is InChI=1S/C29H30N4O4S2/c1-5-32(14-15-34)20-8-12-23(18(2)16-20)30-29-33(19-6-9-21(35)10-7-19)27(36)26(39-29)28-31(3)24-17-22(37-4)11-13-25(24)38-28/h6-13,16-17,34-35H,5,14-15H2,1-4H3. The third-order valence-corrected chi connectivity index (χ3v) is 9.03. The number of hydrogen-bond donors (Lipinski definition) is 2. The molecule has 1 saturated heterocycles. The summed E-state index contributed by atoms with van der Waals surface area (Å²) in [7, 11) is 3.59. The highest BCUT2D eigenvalue weighted by atomic mass is 32.2. The highest BCUT2D eigenvalue weighted by Crippen LogP contribution is 2.51. The number of aliphatic hydroxyl groups is 1. The highest BCUT2D eigenvalue weighted by Gasteiger charge is 2.40. The zero-order chi connectivity index (χ0) is 27.7. The molecule has 3 aromatic carbocycles. The van der Waals surface area contributed by atoms with Crippen LogP contribution in [0.25, 0.3) is 0 Å². The van der Waals surface area contributed by atoms with Crippen LogP contribution in [0.3, 0.4) is 0 Å². The van der Waals surface area contributed by atoms with E-state index in [9.17, 15) is 15.0 Å². The van der Waals surface area contributed by atoms with Crippen molar-refractivity contribution in [1.29, 1.82) is 0 Å². The first-order valence-corrected chi connectivity index (χ1v) is 14.2. The third kappa shape index (κ3) is 5.19. The van der Waals surface area contributed by atoms with Crippen molar-refractivity contribution in [3.05, 3.63) is 76.2 Å². The number of amidine groups is 1. The van der Waals surface area contributed by atoms with Crippen molar-refractivity contribution in [3.63, 3.8) is 0 Å². The molecule has 0 aliphatic carbocycles. The SMILES string of the molecule is CCN(CCO)c1ccc(N=C2SC(=C3Sc4ccc(OC)cc4N3C)C(=O)N2c2ccc(O)cc2)c(C)c1. The molecule has 0 spiro atoms. The van der Waals surface area contributed by atoms with Gasteiger partial charge in [-0.25, -0.2) is 4.99 Å². The first-order valence-electron chi connectivity index (χ1n) is 12.5. The van der Waals surface area contributed by atoms with Gasteiger partial charge < -0.3 is 24.7 Å². The van der Waals surface area contributed by atoms with Crippen LogP contribution in [0.4, 0.5) is 22.7 Å². The number of nitrogens with zero attached hydrogens (tertiary/aromatic N) is 4. The molecule has 0 atom stereocenters. The number of likely N-dealkylation sites (N-methyl/N-ethyl adjacent to an activating group) is 1. The Morgan fingerprint density at radius 3 is 2.49 bits per heavy atom. The fourth-order valence-electron chi connectivity index (χ4n) is 4.51.